The Bertz CT molecular complexity index is 1480. The van der Waals surface area contributed by atoms with E-state index in [4.69, 9.17) is 37.8 Å². The number of alkyl halides is 3. The van der Waals surface area contributed by atoms with Crippen molar-refractivity contribution in [2.45, 2.75) is 24.6 Å². The largest absolute Gasteiger partial charge is 0.481 e. The van der Waals surface area contributed by atoms with Crippen LogP contribution in [0.2, 0.25) is 10.0 Å². The van der Waals surface area contributed by atoms with Crippen molar-refractivity contribution in [1.82, 2.24) is 0 Å². The third-order valence-corrected chi connectivity index (χ3v) is 7.09. The van der Waals surface area contributed by atoms with Crippen LogP contribution in [-0.4, -0.2) is 41.9 Å². The van der Waals surface area contributed by atoms with Crippen LogP contribution in [0, 0.1) is 5.82 Å². The van der Waals surface area contributed by atoms with Gasteiger partial charge < -0.3 is 24.6 Å². The molecule has 2 N–H and O–H groups in total. The zero-order valence-corrected chi connectivity index (χ0v) is 21.7. The summed E-state index contributed by atoms with van der Waals surface area (Å²) in [7, 11) is 1.29. The number of likely N-dealkylation sites (N-methyl/N-ethyl adjacent to an activating group) is 1. The third kappa shape index (κ3) is 5.09. The van der Waals surface area contributed by atoms with Gasteiger partial charge in [0.1, 0.15) is 23.1 Å². The molecule has 206 valence electrons. The predicted octanol–water partition coefficient (Wildman–Crippen LogP) is 6.53. The Hall–Kier alpha value is -3.54. The lowest BCUT2D eigenvalue weighted by atomic mass is 9.77. The maximum Gasteiger partial charge on any atom is 0.422 e. The zero-order valence-electron chi connectivity index (χ0n) is 20.1. The fourth-order valence-electron chi connectivity index (χ4n) is 4.23. The van der Waals surface area contributed by atoms with Crippen LogP contribution in [0.25, 0.3) is 0 Å². The van der Waals surface area contributed by atoms with Crippen LogP contribution in [0.3, 0.4) is 0 Å². The molecule has 1 heterocycles. The molecule has 3 aromatic rings. The number of amides is 1. The Morgan fingerprint density at radius 2 is 1.69 bits per heavy atom. The van der Waals surface area contributed by atoms with Crippen molar-refractivity contribution in [2.24, 2.45) is 0 Å². The Morgan fingerprint density at radius 1 is 1.08 bits per heavy atom. The number of anilines is 1. The van der Waals surface area contributed by atoms with Crippen molar-refractivity contribution < 1.29 is 46.8 Å². The second-order valence-electron chi connectivity index (χ2n) is 8.76. The highest BCUT2D eigenvalue weighted by molar-refractivity contribution is 6.33. The summed E-state index contributed by atoms with van der Waals surface area (Å²) in [5, 5.41) is 19.9. The van der Waals surface area contributed by atoms with Crippen LogP contribution in [0.5, 0.6) is 17.2 Å². The Kier molecular flexibility index (Phi) is 7.46. The molecule has 13 heteroatoms. The number of aliphatic hydroxyl groups is 1. The van der Waals surface area contributed by atoms with E-state index >= 15 is 4.39 Å². The van der Waals surface area contributed by atoms with E-state index in [-0.39, 0.29) is 44.1 Å². The van der Waals surface area contributed by atoms with E-state index in [0.717, 1.165) is 17.9 Å². The zero-order chi connectivity index (χ0) is 28.9. The van der Waals surface area contributed by atoms with Gasteiger partial charge in [0, 0.05) is 35.7 Å². The molecule has 0 fully saturated rings. The van der Waals surface area contributed by atoms with Gasteiger partial charge in [0.2, 0.25) is 0 Å². The number of hydrogen-bond donors (Lipinski definition) is 2. The van der Waals surface area contributed by atoms with E-state index < -0.39 is 47.6 Å². The summed E-state index contributed by atoms with van der Waals surface area (Å²) in [4.78, 5) is 24.1. The molecule has 0 saturated carbocycles. The molecule has 0 radical (unpaired) electrons. The Morgan fingerprint density at radius 3 is 2.26 bits per heavy atom. The molecule has 4 rings (SSSR count). The molecule has 0 aromatic heterocycles. The summed E-state index contributed by atoms with van der Waals surface area (Å²) < 4.78 is 69.3. The molecule has 1 aliphatic heterocycles. The molecule has 0 saturated heterocycles. The maximum absolute atomic E-state index is 15.1. The minimum absolute atomic E-state index is 0.0721. The SMILES string of the molecule is C[C@@H](c1ccc(Oc2ccc(C(=O)O)c(Cl)c2)cc1Cl)[C@](O)(c1cc2c(cc1F)OCC(=O)N2C)C(F)(F)F. The van der Waals surface area contributed by atoms with Crippen LogP contribution in [-0.2, 0) is 10.4 Å². The summed E-state index contributed by atoms with van der Waals surface area (Å²) in [5.74, 6) is -4.98. The van der Waals surface area contributed by atoms with E-state index in [0.29, 0.717) is 6.07 Å². The van der Waals surface area contributed by atoms with Crippen molar-refractivity contribution in [2.75, 3.05) is 18.6 Å². The van der Waals surface area contributed by atoms with E-state index in [1.807, 2.05) is 0 Å². The summed E-state index contributed by atoms with van der Waals surface area (Å²) in [6.45, 7) is 0.617. The molecule has 1 aliphatic rings. The number of nitrogens with zero attached hydrogens (tertiary/aromatic N) is 1. The van der Waals surface area contributed by atoms with Gasteiger partial charge in [-0.25, -0.2) is 9.18 Å². The number of carboxylic acid groups (broad SMARTS) is 1. The number of aromatic carboxylic acids is 1. The van der Waals surface area contributed by atoms with Crippen LogP contribution in [0.15, 0.2) is 48.5 Å². The fraction of sp³-hybridized carbons (Fsp3) is 0.231. The molecular formula is C26H19Cl2F4NO6. The first-order valence-electron chi connectivity index (χ1n) is 11.2. The number of benzene rings is 3. The molecule has 7 nitrogen and oxygen atoms in total. The summed E-state index contributed by atoms with van der Waals surface area (Å²) in [6.07, 6.45) is -5.37. The van der Waals surface area contributed by atoms with Crippen molar-refractivity contribution >= 4 is 40.8 Å². The van der Waals surface area contributed by atoms with Gasteiger partial charge in [-0.2, -0.15) is 13.2 Å². The summed E-state index contributed by atoms with van der Waals surface area (Å²) in [5.41, 5.74) is -5.36. The lowest BCUT2D eigenvalue weighted by Gasteiger charge is -2.38. The number of fused-ring (bicyclic) bond motifs is 1. The predicted molar refractivity (Wildman–Crippen MR) is 134 cm³/mol. The topological polar surface area (TPSA) is 96.3 Å². The third-order valence-electron chi connectivity index (χ3n) is 6.45. The maximum atomic E-state index is 15.1. The van der Waals surface area contributed by atoms with Crippen LogP contribution >= 0.6 is 23.2 Å². The molecule has 0 bridgehead atoms. The highest BCUT2D eigenvalue weighted by Crippen LogP contribution is 2.52. The average molecular weight is 588 g/mol. The van der Waals surface area contributed by atoms with E-state index in [1.165, 1.54) is 43.4 Å². The van der Waals surface area contributed by atoms with E-state index in [2.05, 4.69) is 0 Å². The van der Waals surface area contributed by atoms with Gasteiger partial charge in [-0.3, -0.25) is 4.79 Å². The van der Waals surface area contributed by atoms with Crippen LogP contribution < -0.4 is 14.4 Å². The Balaban J connectivity index is 1.72. The lowest BCUT2D eigenvalue weighted by molar-refractivity contribution is -0.275. The van der Waals surface area contributed by atoms with Crippen molar-refractivity contribution in [3.63, 3.8) is 0 Å². The molecular weight excluding hydrogens is 569 g/mol. The fourth-order valence-corrected chi connectivity index (χ4v) is 4.82. The molecule has 3 aromatic carbocycles. The highest BCUT2D eigenvalue weighted by Gasteiger charge is 2.60. The quantitative estimate of drug-likeness (QED) is 0.318. The molecule has 0 unspecified atom stereocenters. The highest BCUT2D eigenvalue weighted by atomic mass is 35.5. The van der Waals surface area contributed by atoms with Crippen LogP contribution in [0.4, 0.5) is 23.2 Å². The summed E-state index contributed by atoms with van der Waals surface area (Å²) >= 11 is 12.2. The van der Waals surface area contributed by atoms with Gasteiger partial charge in [-0.1, -0.05) is 36.2 Å². The number of carbonyl (C=O) groups is 2. The number of halogens is 6. The lowest BCUT2D eigenvalue weighted by Crippen LogP contribution is -2.47. The summed E-state index contributed by atoms with van der Waals surface area (Å²) in [6, 6.07) is 8.85. The monoisotopic (exact) mass is 587 g/mol. The van der Waals surface area contributed by atoms with Gasteiger partial charge in [-0.05, 0) is 35.9 Å². The Labute approximate surface area is 229 Å². The number of hydrogen-bond acceptors (Lipinski definition) is 5. The van der Waals surface area contributed by atoms with Gasteiger partial charge in [-0.15, -0.1) is 0 Å². The van der Waals surface area contributed by atoms with Crippen molar-refractivity contribution in [1.29, 1.82) is 0 Å². The van der Waals surface area contributed by atoms with Gasteiger partial charge >= 0.3 is 12.1 Å². The normalized spacial score (nSPS) is 15.7. The van der Waals surface area contributed by atoms with Crippen molar-refractivity contribution in [3.8, 4) is 17.2 Å². The van der Waals surface area contributed by atoms with E-state index in [1.54, 1.807) is 0 Å². The standard InChI is InChI=1S/C26H19Cl2F4NO6/c1-12(15-5-3-13(7-18(15)27)39-14-4-6-16(24(35)36)19(28)8-14)25(37,26(30,31)32)17-9-21-22(10-20(17)29)38-11-23(34)33(21)2/h3-10,12,37H,11H2,1-2H3,(H,35,36)/t12-,25-/m0/s1. The number of carboxylic acids is 1. The second-order valence-corrected chi connectivity index (χ2v) is 9.57. The number of rotatable bonds is 6. The first-order chi connectivity index (χ1) is 18.1. The van der Waals surface area contributed by atoms with Gasteiger partial charge in [0.25, 0.3) is 5.91 Å². The smallest absolute Gasteiger partial charge is 0.422 e. The minimum Gasteiger partial charge on any atom is -0.481 e. The average Bonchev–Trinajstić information content (AvgIpc) is 2.84. The van der Waals surface area contributed by atoms with Crippen molar-refractivity contribution in [3.05, 3.63) is 81.1 Å². The first kappa shape index (κ1) is 28.5. The second kappa shape index (κ2) is 10.2. The van der Waals surface area contributed by atoms with E-state index in [9.17, 15) is 27.9 Å². The molecule has 39 heavy (non-hydrogen) atoms. The molecule has 2 atom stereocenters. The molecule has 1 amide bonds. The van der Waals surface area contributed by atoms with Gasteiger partial charge in [0.05, 0.1) is 16.3 Å². The number of carbonyl (C=O) groups excluding carboxylic acids is 1. The van der Waals surface area contributed by atoms with Gasteiger partial charge in [0.15, 0.2) is 12.2 Å². The van der Waals surface area contributed by atoms with Crippen LogP contribution in [0.1, 0.15) is 34.3 Å². The number of ether oxygens (including phenoxy) is 2. The minimum atomic E-state index is -5.37. The molecule has 0 spiro atoms. The molecule has 0 aliphatic carbocycles. The first-order valence-corrected chi connectivity index (χ1v) is 11.9.